The summed E-state index contributed by atoms with van der Waals surface area (Å²) in [5, 5.41) is 2.93. The van der Waals surface area contributed by atoms with Crippen molar-refractivity contribution in [1.29, 1.82) is 0 Å². The highest BCUT2D eigenvalue weighted by Gasteiger charge is 2.17. The van der Waals surface area contributed by atoms with Crippen molar-refractivity contribution in [2.75, 3.05) is 0 Å². The molecule has 0 radical (unpaired) electrons. The zero-order valence-electron chi connectivity index (χ0n) is 9.86. The molecule has 0 fully saturated rings. The summed E-state index contributed by atoms with van der Waals surface area (Å²) in [7, 11) is 0. The number of nitrogens with zero attached hydrogens (tertiary/aromatic N) is 1. The molecule has 2 aromatic rings. The Morgan fingerprint density at radius 3 is 2.53 bits per heavy atom. The number of ketones is 1. The zero-order valence-corrected chi connectivity index (χ0v) is 9.86. The second-order valence-corrected chi connectivity index (χ2v) is 3.86. The Bertz CT molecular complexity index is 594. The van der Waals surface area contributed by atoms with Crippen LogP contribution in [0.5, 0.6) is 0 Å². The van der Waals surface area contributed by atoms with Crippen LogP contribution >= 0.6 is 0 Å². The van der Waals surface area contributed by atoms with Gasteiger partial charge >= 0.3 is 0 Å². The van der Waals surface area contributed by atoms with E-state index < -0.39 is 0 Å². The molecule has 0 bridgehead atoms. The monoisotopic (exact) mass is 230 g/mol. The van der Waals surface area contributed by atoms with Gasteiger partial charge in [-0.25, -0.2) is 4.68 Å². The second-order valence-electron chi connectivity index (χ2n) is 3.86. The maximum atomic E-state index is 12.1. The molecular weight excluding hydrogens is 216 g/mol. The average Bonchev–Trinajstić information content (AvgIpc) is 2.65. The highest BCUT2D eigenvalue weighted by molar-refractivity contribution is 5.96. The molecule has 1 heterocycles. The van der Waals surface area contributed by atoms with Gasteiger partial charge in [-0.2, -0.15) is 0 Å². The number of carbonyl (C=O) groups excluding carboxylic acids is 1. The molecule has 0 aliphatic heterocycles. The number of aryl methyl sites for hydroxylation is 1. The van der Waals surface area contributed by atoms with Gasteiger partial charge in [-0.3, -0.25) is 14.7 Å². The number of hydrogen-bond donors (Lipinski definition) is 1. The third-order valence-electron chi connectivity index (χ3n) is 2.69. The number of aromatic nitrogens is 2. The van der Waals surface area contributed by atoms with E-state index in [2.05, 4.69) is 5.10 Å². The Morgan fingerprint density at radius 2 is 1.94 bits per heavy atom. The topological polar surface area (TPSA) is 54.9 Å². The van der Waals surface area contributed by atoms with Crippen LogP contribution in [0.15, 0.2) is 35.1 Å². The molecule has 2 rings (SSSR count). The van der Waals surface area contributed by atoms with Crippen molar-refractivity contribution in [3.8, 4) is 5.69 Å². The number of Topliss-reactive ketones (excluding diaryl/α,β-unsaturated/α-hetero) is 1. The van der Waals surface area contributed by atoms with E-state index in [0.717, 1.165) is 5.69 Å². The molecule has 0 aliphatic carbocycles. The van der Waals surface area contributed by atoms with Gasteiger partial charge < -0.3 is 0 Å². The van der Waals surface area contributed by atoms with Crippen LogP contribution in [0, 0.1) is 6.92 Å². The van der Waals surface area contributed by atoms with Crippen LogP contribution in [0.4, 0.5) is 0 Å². The van der Waals surface area contributed by atoms with Crippen molar-refractivity contribution in [1.82, 2.24) is 9.78 Å². The van der Waals surface area contributed by atoms with Crippen LogP contribution in [0.3, 0.4) is 0 Å². The van der Waals surface area contributed by atoms with Crippen molar-refractivity contribution < 1.29 is 4.79 Å². The van der Waals surface area contributed by atoms with E-state index in [-0.39, 0.29) is 16.9 Å². The lowest BCUT2D eigenvalue weighted by atomic mass is 10.1. The number of H-pyrrole nitrogens is 1. The molecule has 1 N–H and O–H groups in total. The first-order valence-electron chi connectivity index (χ1n) is 5.55. The van der Waals surface area contributed by atoms with Gasteiger partial charge in [0.1, 0.15) is 5.56 Å². The molecule has 0 aliphatic rings. The van der Waals surface area contributed by atoms with Crippen molar-refractivity contribution in [3.63, 3.8) is 0 Å². The molecule has 0 amide bonds. The van der Waals surface area contributed by atoms with Crippen molar-refractivity contribution >= 4 is 5.78 Å². The number of rotatable bonds is 3. The number of aromatic amines is 1. The number of benzene rings is 1. The quantitative estimate of drug-likeness (QED) is 0.820. The summed E-state index contributed by atoms with van der Waals surface area (Å²) in [6, 6.07) is 9.20. The molecule has 0 saturated heterocycles. The molecular formula is C13H14N2O2. The fraction of sp³-hybridized carbons (Fsp3) is 0.231. The zero-order chi connectivity index (χ0) is 12.4. The van der Waals surface area contributed by atoms with E-state index in [4.69, 9.17) is 0 Å². The maximum Gasteiger partial charge on any atom is 0.282 e. The fourth-order valence-electron chi connectivity index (χ4n) is 1.81. The van der Waals surface area contributed by atoms with Gasteiger partial charge in [0, 0.05) is 12.1 Å². The van der Waals surface area contributed by atoms with E-state index in [0.29, 0.717) is 12.1 Å². The minimum absolute atomic E-state index is 0.126. The van der Waals surface area contributed by atoms with Crippen LogP contribution in [-0.2, 0) is 0 Å². The first kappa shape index (κ1) is 11.4. The molecule has 0 atom stereocenters. The van der Waals surface area contributed by atoms with Crippen molar-refractivity contribution in [2.45, 2.75) is 20.3 Å². The van der Waals surface area contributed by atoms with E-state index in [1.54, 1.807) is 13.8 Å². The largest absolute Gasteiger partial charge is 0.295 e. The maximum absolute atomic E-state index is 12.1. The van der Waals surface area contributed by atoms with Gasteiger partial charge in [-0.05, 0) is 19.1 Å². The summed E-state index contributed by atoms with van der Waals surface area (Å²) >= 11 is 0. The van der Waals surface area contributed by atoms with Crippen LogP contribution in [-0.4, -0.2) is 15.6 Å². The average molecular weight is 230 g/mol. The molecule has 1 aromatic carbocycles. The van der Waals surface area contributed by atoms with Crippen LogP contribution in [0.2, 0.25) is 0 Å². The van der Waals surface area contributed by atoms with E-state index in [1.165, 1.54) is 4.68 Å². The molecule has 4 nitrogen and oxygen atoms in total. The number of nitrogens with one attached hydrogen (secondary N) is 1. The SMILES string of the molecule is CCC(=O)c1c(C)[nH]n(-c2ccccc2)c1=O. The standard InChI is InChI=1S/C13H14N2O2/c1-3-11(16)12-9(2)14-15(13(12)17)10-7-5-4-6-8-10/h4-8,14H,3H2,1-2H3. The predicted molar refractivity (Wildman–Crippen MR) is 65.7 cm³/mol. The van der Waals surface area contributed by atoms with Gasteiger partial charge in [0.15, 0.2) is 5.78 Å². The number of hydrogen-bond acceptors (Lipinski definition) is 2. The minimum atomic E-state index is -0.277. The summed E-state index contributed by atoms with van der Waals surface area (Å²) in [6.45, 7) is 3.49. The normalized spacial score (nSPS) is 10.5. The summed E-state index contributed by atoms with van der Waals surface area (Å²) in [6.07, 6.45) is 0.336. The molecule has 4 heteroatoms. The van der Waals surface area contributed by atoms with Crippen LogP contribution in [0.1, 0.15) is 29.4 Å². The summed E-state index contributed by atoms with van der Waals surface area (Å²) < 4.78 is 1.40. The van der Waals surface area contributed by atoms with Gasteiger partial charge in [0.25, 0.3) is 5.56 Å². The highest BCUT2D eigenvalue weighted by Crippen LogP contribution is 2.08. The Kier molecular flexibility index (Phi) is 2.95. The van der Waals surface area contributed by atoms with Gasteiger partial charge in [0.05, 0.1) is 5.69 Å². The lowest BCUT2D eigenvalue weighted by Crippen LogP contribution is -2.19. The Hall–Kier alpha value is -2.10. The summed E-state index contributed by atoms with van der Waals surface area (Å²) in [5.74, 6) is -0.126. The lowest BCUT2D eigenvalue weighted by Gasteiger charge is -1.99. The first-order chi connectivity index (χ1) is 8.15. The number of para-hydroxylation sites is 1. The van der Waals surface area contributed by atoms with Crippen molar-refractivity contribution in [2.24, 2.45) is 0 Å². The Morgan fingerprint density at radius 1 is 1.29 bits per heavy atom. The molecule has 0 spiro atoms. The smallest absolute Gasteiger partial charge is 0.282 e. The van der Waals surface area contributed by atoms with Crippen molar-refractivity contribution in [3.05, 3.63) is 51.9 Å². The van der Waals surface area contributed by atoms with Gasteiger partial charge in [-0.1, -0.05) is 25.1 Å². The Labute approximate surface area is 98.9 Å². The molecule has 0 unspecified atom stereocenters. The summed E-state index contributed by atoms with van der Waals surface area (Å²) in [5.41, 5.74) is 1.33. The van der Waals surface area contributed by atoms with Gasteiger partial charge in [0.2, 0.25) is 0 Å². The third-order valence-corrected chi connectivity index (χ3v) is 2.69. The van der Waals surface area contributed by atoms with Crippen LogP contribution in [0.25, 0.3) is 5.69 Å². The van der Waals surface area contributed by atoms with E-state index >= 15 is 0 Å². The fourth-order valence-corrected chi connectivity index (χ4v) is 1.81. The minimum Gasteiger partial charge on any atom is -0.295 e. The van der Waals surface area contributed by atoms with E-state index in [1.807, 2.05) is 30.3 Å². The molecule has 88 valence electrons. The number of carbonyl (C=O) groups is 1. The molecule has 0 saturated carbocycles. The lowest BCUT2D eigenvalue weighted by molar-refractivity contribution is 0.0986. The molecule has 1 aromatic heterocycles. The second kappa shape index (κ2) is 4.41. The molecule has 17 heavy (non-hydrogen) atoms. The third kappa shape index (κ3) is 1.93. The highest BCUT2D eigenvalue weighted by atomic mass is 16.2. The first-order valence-corrected chi connectivity index (χ1v) is 5.55. The van der Waals surface area contributed by atoms with Crippen LogP contribution < -0.4 is 5.56 Å². The predicted octanol–water partition coefficient (Wildman–Crippen LogP) is 2.07. The van der Waals surface area contributed by atoms with E-state index in [9.17, 15) is 9.59 Å². The summed E-state index contributed by atoms with van der Waals surface area (Å²) in [4.78, 5) is 23.8. The van der Waals surface area contributed by atoms with Gasteiger partial charge in [-0.15, -0.1) is 0 Å². The Balaban J connectivity index is 2.60.